The van der Waals surface area contributed by atoms with Crippen LogP contribution in [0.4, 0.5) is 18.9 Å². The Bertz CT molecular complexity index is 787. The number of halogens is 3. The highest BCUT2D eigenvalue weighted by molar-refractivity contribution is 7.99. The van der Waals surface area contributed by atoms with Crippen LogP contribution >= 0.6 is 11.8 Å². The van der Waals surface area contributed by atoms with Crippen molar-refractivity contribution in [3.63, 3.8) is 0 Å². The fraction of sp³-hybridized carbons (Fsp3) is 0.471. The molecule has 6 nitrogen and oxygen atoms in total. The molecule has 0 bridgehead atoms. The first-order chi connectivity index (χ1) is 12.9. The van der Waals surface area contributed by atoms with Gasteiger partial charge < -0.3 is 9.80 Å². The Morgan fingerprint density at radius 2 is 2.00 bits per heavy atom. The molecule has 1 fully saturated rings. The Hall–Kier alpha value is -2.23. The number of amides is 1. The number of nitrogens with zero attached hydrogens (tertiary/aromatic N) is 4. The van der Waals surface area contributed by atoms with Crippen LogP contribution in [0.25, 0.3) is 0 Å². The van der Waals surface area contributed by atoms with Gasteiger partial charge in [0.05, 0.1) is 11.3 Å². The van der Waals surface area contributed by atoms with Crippen molar-refractivity contribution in [3.05, 3.63) is 35.7 Å². The number of piperazine rings is 1. The van der Waals surface area contributed by atoms with E-state index in [2.05, 4.69) is 15.2 Å². The second kappa shape index (κ2) is 8.20. The van der Waals surface area contributed by atoms with Gasteiger partial charge in [0, 0.05) is 38.3 Å². The number of aryl methyl sites for hydroxylation is 1. The average molecular weight is 399 g/mol. The fourth-order valence-corrected chi connectivity index (χ4v) is 3.53. The van der Waals surface area contributed by atoms with Crippen molar-refractivity contribution in [2.45, 2.75) is 24.7 Å². The quantitative estimate of drug-likeness (QED) is 0.784. The van der Waals surface area contributed by atoms with Crippen LogP contribution in [-0.2, 0) is 17.4 Å². The van der Waals surface area contributed by atoms with Crippen molar-refractivity contribution in [2.75, 3.05) is 36.8 Å². The molecule has 1 aromatic heterocycles. The highest BCUT2D eigenvalue weighted by Crippen LogP contribution is 2.31. The monoisotopic (exact) mass is 399 g/mol. The lowest BCUT2D eigenvalue weighted by atomic mass is 10.1. The van der Waals surface area contributed by atoms with Gasteiger partial charge in [0.15, 0.2) is 0 Å². The van der Waals surface area contributed by atoms with E-state index in [0.29, 0.717) is 37.0 Å². The van der Waals surface area contributed by atoms with Crippen LogP contribution in [0.5, 0.6) is 0 Å². The summed E-state index contributed by atoms with van der Waals surface area (Å²) in [6.07, 6.45) is -3.61. The molecular weight excluding hydrogens is 379 g/mol. The molecule has 1 saturated heterocycles. The van der Waals surface area contributed by atoms with Crippen molar-refractivity contribution < 1.29 is 18.0 Å². The number of carbonyl (C=O) groups excluding carboxylic acids is 1. The molecule has 1 amide bonds. The van der Waals surface area contributed by atoms with Crippen molar-refractivity contribution in [3.8, 4) is 0 Å². The van der Waals surface area contributed by atoms with E-state index in [1.54, 1.807) is 11.0 Å². The van der Waals surface area contributed by atoms with E-state index in [1.807, 2.05) is 11.8 Å². The van der Waals surface area contributed by atoms with Gasteiger partial charge in [-0.15, -0.1) is 5.10 Å². The summed E-state index contributed by atoms with van der Waals surface area (Å²) in [5.41, 5.74) is -0.132. The molecule has 0 saturated carbocycles. The summed E-state index contributed by atoms with van der Waals surface area (Å²) in [6, 6.07) is 5.29. The second-order valence-electron chi connectivity index (χ2n) is 6.12. The molecule has 10 heteroatoms. The maximum absolute atomic E-state index is 12.9. The Labute approximate surface area is 159 Å². The molecule has 1 aliphatic heterocycles. The largest absolute Gasteiger partial charge is 0.416 e. The summed E-state index contributed by atoms with van der Waals surface area (Å²) >= 11 is 1.28. The van der Waals surface area contributed by atoms with Gasteiger partial charge in [-0.05, 0) is 18.2 Å². The number of hydrogen-bond acceptors (Lipinski definition) is 5. The summed E-state index contributed by atoms with van der Waals surface area (Å²) in [5.74, 6) is 0.996. The van der Waals surface area contributed by atoms with E-state index >= 15 is 0 Å². The number of H-pyrrole nitrogens is 1. The minimum Gasteiger partial charge on any atom is -0.368 e. The molecule has 1 N–H and O–H groups in total. The van der Waals surface area contributed by atoms with Gasteiger partial charge in [0.2, 0.25) is 11.1 Å². The van der Waals surface area contributed by atoms with E-state index in [9.17, 15) is 18.0 Å². The van der Waals surface area contributed by atoms with Gasteiger partial charge in [0.25, 0.3) is 0 Å². The number of hydrogen-bond donors (Lipinski definition) is 1. The van der Waals surface area contributed by atoms with Gasteiger partial charge in [-0.3, -0.25) is 9.89 Å². The number of nitrogens with one attached hydrogen (secondary N) is 1. The van der Waals surface area contributed by atoms with Crippen LogP contribution in [0.2, 0.25) is 0 Å². The summed E-state index contributed by atoms with van der Waals surface area (Å²) in [6.45, 7) is 3.91. The van der Waals surface area contributed by atoms with E-state index in [0.717, 1.165) is 24.4 Å². The first-order valence-corrected chi connectivity index (χ1v) is 9.59. The summed E-state index contributed by atoms with van der Waals surface area (Å²) < 4.78 is 38.6. The standard InChI is InChI=1S/C17H20F3N5OS/c1-2-14-21-16(23-22-14)27-11-15(26)25-8-6-24(7-9-25)13-5-3-4-12(10-13)17(18,19)20/h3-5,10H,2,6-9,11H2,1H3,(H,21,22,23). The molecule has 0 unspecified atom stereocenters. The van der Waals surface area contributed by atoms with E-state index in [1.165, 1.54) is 17.8 Å². The van der Waals surface area contributed by atoms with Crippen molar-refractivity contribution in [1.29, 1.82) is 0 Å². The number of alkyl halides is 3. The Morgan fingerprint density at radius 3 is 2.63 bits per heavy atom. The minimum absolute atomic E-state index is 0.0217. The zero-order valence-electron chi connectivity index (χ0n) is 14.8. The molecule has 0 spiro atoms. The highest BCUT2D eigenvalue weighted by Gasteiger charge is 2.31. The van der Waals surface area contributed by atoms with E-state index < -0.39 is 11.7 Å². The first kappa shape index (κ1) is 19.5. The van der Waals surface area contributed by atoms with Crippen LogP contribution in [-0.4, -0.2) is 57.9 Å². The number of benzene rings is 1. The molecule has 0 aliphatic carbocycles. The molecule has 1 aromatic carbocycles. The number of rotatable bonds is 5. The van der Waals surface area contributed by atoms with Gasteiger partial charge >= 0.3 is 6.18 Å². The van der Waals surface area contributed by atoms with Crippen LogP contribution in [0.3, 0.4) is 0 Å². The molecule has 146 valence electrons. The predicted octanol–water partition coefficient (Wildman–Crippen LogP) is 2.83. The Balaban J connectivity index is 1.51. The van der Waals surface area contributed by atoms with Crippen LogP contribution < -0.4 is 4.90 Å². The van der Waals surface area contributed by atoms with E-state index in [-0.39, 0.29) is 11.7 Å². The number of carbonyl (C=O) groups is 1. The van der Waals surface area contributed by atoms with Gasteiger partial charge in [-0.2, -0.15) is 13.2 Å². The molecule has 2 heterocycles. The lowest BCUT2D eigenvalue weighted by Gasteiger charge is -2.36. The van der Waals surface area contributed by atoms with Crippen LogP contribution in [0.15, 0.2) is 29.4 Å². The zero-order chi connectivity index (χ0) is 19.4. The summed E-state index contributed by atoms with van der Waals surface area (Å²) in [4.78, 5) is 20.2. The van der Waals surface area contributed by atoms with Gasteiger partial charge in [-0.25, -0.2) is 4.98 Å². The third-order valence-electron chi connectivity index (χ3n) is 4.34. The Kier molecular flexibility index (Phi) is 5.93. The third kappa shape index (κ3) is 4.94. The maximum atomic E-state index is 12.9. The van der Waals surface area contributed by atoms with Gasteiger partial charge in [-0.1, -0.05) is 24.8 Å². The van der Waals surface area contributed by atoms with Crippen molar-refractivity contribution in [1.82, 2.24) is 20.1 Å². The maximum Gasteiger partial charge on any atom is 0.416 e. The average Bonchev–Trinajstić information content (AvgIpc) is 3.14. The number of anilines is 1. The van der Waals surface area contributed by atoms with Crippen LogP contribution in [0, 0.1) is 0 Å². The van der Waals surface area contributed by atoms with Crippen molar-refractivity contribution in [2.24, 2.45) is 0 Å². The predicted molar refractivity (Wildman–Crippen MR) is 96.7 cm³/mol. The molecule has 1 aliphatic rings. The van der Waals surface area contributed by atoms with Crippen LogP contribution in [0.1, 0.15) is 18.3 Å². The number of thioether (sulfide) groups is 1. The molecule has 2 aromatic rings. The second-order valence-corrected chi connectivity index (χ2v) is 7.07. The summed E-state index contributed by atoms with van der Waals surface area (Å²) in [5, 5.41) is 7.39. The minimum atomic E-state index is -4.36. The van der Waals surface area contributed by atoms with E-state index in [4.69, 9.17) is 0 Å². The highest BCUT2D eigenvalue weighted by atomic mass is 32.2. The Morgan fingerprint density at radius 1 is 1.26 bits per heavy atom. The summed E-state index contributed by atoms with van der Waals surface area (Å²) in [7, 11) is 0. The molecule has 27 heavy (non-hydrogen) atoms. The zero-order valence-corrected chi connectivity index (χ0v) is 15.6. The lowest BCUT2D eigenvalue weighted by Crippen LogP contribution is -2.49. The normalized spacial score (nSPS) is 15.3. The SMILES string of the molecule is CCc1nc(SCC(=O)N2CCN(c3cccc(C(F)(F)F)c3)CC2)n[nH]1. The fourth-order valence-electron chi connectivity index (χ4n) is 2.81. The number of aromatic nitrogens is 3. The lowest BCUT2D eigenvalue weighted by molar-refractivity contribution is -0.137. The molecular formula is C17H20F3N5OS. The van der Waals surface area contributed by atoms with Gasteiger partial charge in [0.1, 0.15) is 5.82 Å². The molecule has 0 radical (unpaired) electrons. The first-order valence-electron chi connectivity index (χ1n) is 8.61. The third-order valence-corrected chi connectivity index (χ3v) is 5.17. The molecule has 0 atom stereocenters. The smallest absolute Gasteiger partial charge is 0.368 e. The molecule has 3 rings (SSSR count). The number of aromatic amines is 1. The van der Waals surface area contributed by atoms with Crippen molar-refractivity contribution >= 4 is 23.4 Å². The topological polar surface area (TPSA) is 65.1 Å².